The van der Waals surface area contributed by atoms with E-state index in [-0.39, 0.29) is 6.03 Å². The predicted molar refractivity (Wildman–Crippen MR) is 76.9 cm³/mol. The molecular formula is C15H20N2O3. The second kappa shape index (κ2) is 5.94. The van der Waals surface area contributed by atoms with Crippen LogP contribution in [0, 0.1) is 5.92 Å². The van der Waals surface area contributed by atoms with Crippen molar-refractivity contribution >= 4 is 17.7 Å². The average Bonchev–Trinajstić information content (AvgIpc) is 2.43. The van der Waals surface area contributed by atoms with Crippen LogP contribution in [0.5, 0.6) is 0 Å². The molecule has 108 valence electrons. The van der Waals surface area contributed by atoms with Gasteiger partial charge in [-0.3, -0.25) is 4.90 Å². The number of aliphatic carboxylic acids is 1. The van der Waals surface area contributed by atoms with Crippen LogP contribution in [0.15, 0.2) is 24.3 Å². The van der Waals surface area contributed by atoms with Gasteiger partial charge in [-0.1, -0.05) is 32.0 Å². The zero-order valence-electron chi connectivity index (χ0n) is 11.8. The molecule has 0 saturated heterocycles. The van der Waals surface area contributed by atoms with E-state index in [1.807, 2.05) is 24.3 Å². The minimum atomic E-state index is -1.00. The molecule has 1 aromatic carbocycles. The number of carboxylic acids is 1. The normalized spacial score (nSPS) is 19.1. The number of para-hydroxylation sites is 1. The summed E-state index contributed by atoms with van der Waals surface area (Å²) in [5.74, 6) is -0.639. The van der Waals surface area contributed by atoms with Crippen molar-refractivity contribution in [1.82, 2.24) is 5.32 Å². The molecule has 0 fully saturated rings. The Bertz CT molecular complexity index is 516. The molecule has 2 amide bonds. The molecule has 2 rings (SSSR count). The Morgan fingerprint density at radius 2 is 2.15 bits per heavy atom. The number of hydrogen-bond acceptors (Lipinski definition) is 2. The van der Waals surface area contributed by atoms with Gasteiger partial charge in [-0.2, -0.15) is 0 Å². The maximum atomic E-state index is 12.3. The molecule has 0 spiro atoms. The standard InChI is InChI=1S/C15H20N2O3/c1-3-12(14(18)19)16-15(20)17-9-10(2)8-11-6-4-5-7-13(11)17/h4-7,10,12H,3,8-9H2,1-2H3,(H,16,20)(H,18,19)/t10?,12-/m1/s1. The average molecular weight is 276 g/mol. The van der Waals surface area contributed by atoms with Gasteiger partial charge in [-0.05, 0) is 30.4 Å². The summed E-state index contributed by atoms with van der Waals surface area (Å²) >= 11 is 0. The van der Waals surface area contributed by atoms with Crippen LogP contribution >= 0.6 is 0 Å². The number of carbonyl (C=O) groups excluding carboxylic acids is 1. The second-order valence-corrected chi connectivity index (χ2v) is 5.30. The maximum Gasteiger partial charge on any atom is 0.326 e. The third kappa shape index (κ3) is 2.92. The van der Waals surface area contributed by atoms with Gasteiger partial charge in [0, 0.05) is 12.2 Å². The molecular weight excluding hydrogens is 256 g/mol. The lowest BCUT2D eigenvalue weighted by Gasteiger charge is -2.33. The number of amides is 2. The Labute approximate surface area is 118 Å². The fourth-order valence-corrected chi connectivity index (χ4v) is 2.55. The quantitative estimate of drug-likeness (QED) is 0.889. The third-order valence-corrected chi connectivity index (χ3v) is 3.59. The SMILES string of the molecule is CC[C@@H](NC(=O)N1CC(C)Cc2ccccc21)C(=O)O. The van der Waals surface area contributed by atoms with E-state index in [1.54, 1.807) is 11.8 Å². The Hall–Kier alpha value is -2.04. The first kappa shape index (κ1) is 14.4. The molecule has 5 heteroatoms. The predicted octanol–water partition coefficient (Wildman–Crippen LogP) is 2.26. The molecule has 20 heavy (non-hydrogen) atoms. The maximum absolute atomic E-state index is 12.3. The Kier molecular flexibility index (Phi) is 4.27. The minimum Gasteiger partial charge on any atom is -0.480 e. The van der Waals surface area contributed by atoms with Crippen molar-refractivity contribution < 1.29 is 14.7 Å². The number of hydrogen-bond donors (Lipinski definition) is 2. The van der Waals surface area contributed by atoms with Gasteiger partial charge < -0.3 is 10.4 Å². The summed E-state index contributed by atoms with van der Waals surface area (Å²) in [5, 5.41) is 11.6. The molecule has 2 atom stereocenters. The zero-order valence-corrected chi connectivity index (χ0v) is 11.8. The first-order valence-electron chi connectivity index (χ1n) is 6.91. The highest BCUT2D eigenvalue weighted by atomic mass is 16.4. The molecule has 0 radical (unpaired) electrons. The highest BCUT2D eigenvalue weighted by Gasteiger charge is 2.28. The number of benzene rings is 1. The number of rotatable bonds is 3. The van der Waals surface area contributed by atoms with Crippen LogP contribution in [0.2, 0.25) is 0 Å². The highest BCUT2D eigenvalue weighted by molar-refractivity contribution is 5.95. The molecule has 5 nitrogen and oxygen atoms in total. The molecule has 0 aromatic heterocycles. The van der Waals surface area contributed by atoms with E-state index in [0.717, 1.165) is 17.7 Å². The number of fused-ring (bicyclic) bond motifs is 1. The van der Waals surface area contributed by atoms with Gasteiger partial charge in [-0.15, -0.1) is 0 Å². The summed E-state index contributed by atoms with van der Waals surface area (Å²) in [5.41, 5.74) is 2.01. The van der Waals surface area contributed by atoms with Crippen molar-refractivity contribution in [2.45, 2.75) is 32.7 Å². The van der Waals surface area contributed by atoms with Crippen LogP contribution in [0.25, 0.3) is 0 Å². The van der Waals surface area contributed by atoms with E-state index in [4.69, 9.17) is 5.11 Å². The number of nitrogens with one attached hydrogen (secondary N) is 1. The number of carbonyl (C=O) groups is 2. The Morgan fingerprint density at radius 3 is 2.80 bits per heavy atom. The van der Waals surface area contributed by atoms with Crippen LogP contribution in [-0.2, 0) is 11.2 Å². The molecule has 0 aliphatic carbocycles. The van der Waals surface area contributed by atoms with Crippen molar-refractivity contribution in [2.75, 3.05) is 11.4 Å². The fraction of sp³-hybridized carbons (Fsp3) is 0.467. The first-order chi connectivity index (χ1) is 9.52. The van der Waals surface area contributed by atoms with Crippen molar-refractivity contribution in [1.29, 1.82) is 0 Å². The Morgan fingerprint density at radius 1 is 1.45 bits per heavy atom. The van der Waals surface area contributed by atoms with Crippen LogP contribution in [-0.4, -0.2) is 29.7 Å². The van der Waals surface area contributed by atoms with Gasteiger partial charge >= 0.3 is 12.0 Å². The van der Waals surface area contributed by atoms with Gasteiger partial charge in [0.2, 0.25) is 0 Å². The second-order valence-electron chi connectivity index (χ2n) is 5.30. The minimum absolute atomic E-state index is 0.335. The van der Waals surface area contributed by atoms with E-state index in [0.29, 0.717) is 18.9 Å². The molecule has 2 N–H and O–H groups in total. The van der Waals surface area contributed by atoms with Crippen molar-refractivity contribution in [2.24, 2.45) is 5.92 Å². The monoisotopic (exact) mass is 276 g/mol. The summed E-state index contributed by atoms with van der Waals surface area (Å²) < 4.78 is 0. The van der Waals surface area contributed by atoms with E-state index >= 15 is 0 Å². The van der Waals surface area contributed by atoms with Crippen molar-refractivity contribution in [3.63, 3.8) is 0 Å². The van der Waals surface area contributed by atoms with Crippen LogP contribution in [0.4, 0.5) is 10.5 Å². The van der Waals surface area contributed by atoms with E-state index in [1.165, 1.54) is 0 Å². The summed E-state index contributed by atoms with van der Waals surface area (Å²) in [6, 6.07) is 6.59. The number of carboxylic acid groups (broad SMARTS) is 1. The molecule has 1 unspecified atom stereocenters. The largest absolute Gasteiger partial charge is 0.480 e. The number of urea groups is 1. The summed E-state index contributed by atoms with van der Waals surface area (Å²) in [6.07, 6.45) is 1.31. The fourth-order valence-electron chi connectivity index (χ4n) is 2.55. The molecule has 0 saturated carbocycles. The van der Waals surface area contributed by atoms with Gasteiger partial charge in [0.05, 0.1) is 0 Å². The number of nitrogens with zero attached hydrogens (tertiary/aromatic N) is 1. The summed E-state index contributed by atoms with van der Waals surface area (Å²) in [7, 11) is 0. The van der Waals surface area contributed by atoms with Gasteiger partial charge in [0.25, 0.3) is 0 Å². The highest BCUT2D eigenvalue weighted by Crippen LogP contribution is 2.29. The third-order valence-electron chi connectivity index (χ3n) is 3.59. The molecule has 1 aliphatic heterocycles. The van der Waals surface area contributed by atoms with Crippen molar-refractivity contribution in [3.8, 4) is 0 Å². The molecule has 1 aliphatic rings. The van der Waals surface area contributed by atoms with E-state index in [9.17, 15) is 9.59 Å². The van der Waals surface area contributed by atoms with Gasteiger partial charge in [-0.25, -0.2) is 9.59 Å². The van der Waals surface area contributed by atoms with Crippen LogP contribution < -0.4 is 10.2 Å². The molecule has 1 aromatic rings. The van der Waals surface area contributed by atoms with Crippen LogP contribution in [0.1, 0.15) is 25.8 Å². The van der Waals surface area contributed by atoms with Crippen LogP contribution in [0.3, 0.4) is 0 Å². The topological polar surface area (TPSA) is 69.6 Å². The number of anilines is 1. The van der Waals surface area contributed by atoms with Gasteiger partial charge in [0.1, 0.15) is 6.04 Å². The van der Waals surface area contributed by atoms with E-state index < -0.39 is 12.0 Å². The lowest BCUT2D eigenvalue weighted by atomic mass is 9.94. The molecule has 1 heterocycles. The van der Waals surface area contributed by atoms with E-state index in [2.05, 4.69) is 12.2 Å². The Balaban J connectivity index is 2.20. The molecule has 0 bridgehead atoms. The lowest BCUT2D eigenvalue weighted by Crippen LogP contribution is -2.50. The van der Waals surface area contributed by atoms with Gasteiger partial charge in [0.15, 0.2) is 0 Å². The lowest BCUT2D eigenvalue weighted by molar-refractivity contribution is -0.139. The summed E-state index contributed by atoms with van der Waals surface area (Å²) in [4.78, 5) is 25.0. The first-order valence-corrected chi connectivity index (χ1v) is 6.91. The van der Waals surface area contributed by atoms with Crippen molar-refractivity contribution in [3.05, 3.63) is 29.8 Å². The smallest absolute Gasteiger partial charge is 0.326 e. The zero-order chi connectivity index (χ0) is 14.7. The summed E-state index contributed by atoms with van der Waals surface area (Å²) in [6.45, 7) is 4.44.